The van der Waals surface area contributed by atoms with E-state index in [-0.39, 0.29) is 49.4 Å². The van der Waals surface area contributed by atoms with Crippen LogP contribution in [-0.2, 0) is 39.9 Å². The van der Waals surface area contributed by atoms with Crippen molar-refractivity contribution in [1.82, 2.24) is 36.0 Å². The minimum absolute atomic E-state index is 0.0418. The number of fused-ring (bicyclic) bond motifs is 3. The van der Waals surface area contributed by atoms with Gasteiger partial charge in [0.25, 0.3) is 0 Å². The van der Waals surface area contributed by atoms with Crippen molar-refractivity contribution in [3.63, 3.8) is 0 Å². The van der Waals surface area contributed by atoms with Gasteiger partial charge in [0.15, 0.2) is 0 Å². The van der Waals surface area contributed by atoms with Gasteiger partial charge in [-0.1, -0.05) is 18.6 Å². The fraction of sp³-hybridized carbons (Fsp3) is 0.605. The van der Waals surface area contributed by atoms with Crippen LogP contribution < -0.4 is 21.3 Å². The first kappa shape index (κ1) is 42.8. The van der Waals surface area contributed by atoms with Gasteiger partial charge in [-0.3, -0.25) is 24.0 Å². The average Bonchev–Trinajstić information content (AvgIpc) is 3.58. The Morgan fingerprint density at radius 3 is 2.25 bits per heavy atom. The molecule has 0 aromatic heterocycles. The van der Waals surface area contributed by atoms with E-state index in [4.69, 9.17) is 4.74 Å². The summed E-state index contributed by atoms with van der Waals surface area (Å²) in [4.78, 5) is 103. The van der Waals surface area contributed by atoms with Crippen LogP contribution >= 0.6 is 0 Å². The maximum Gasteiger partial charge on any atom is 0.329 e. The van der Waals surface area contributed by atoms with Crippen molar-refractivity contribution in [1.29, 1.82) is 0 Å². The van der Waals surface area contributed by atoms with Crippen LogP contribution in [0.3, 0.4) is 0 Å². The van der Waals surface area contributed by atoms with Gasteiger partial charge in [0.05, 0.1) is 0 Å². The van der Waals surface area contributed by atoms with Crippen molar-refractivity contribution in [3.05, 3.63) is 58.8 Å². The number of esters is 1. The van der Waals surface area contributed by atoms with Crippen molar-refractivity contribution in [2.75, 3.05) is 19.6 Å². The third-order valence-electron chi connectivity index (χ3n) is 12.9. The van der Waals surface area contributed by atoms with Crippen LogP contribution in [0.1, 0.15) is 91.0 Å². The number of hydrogen-bond donors (Lipinski definition) is 4. The van der Waals surface area contributed by atoms with Gasteiger partial charge in [0, 0.05) is 43.7 Å². The fourth-order valence-electron chi connectivity index (χ4n) is 9.47. The Bertz CT molecular complexity index is 1980. The van der Waals surface area contributed by atoms with E-state index >= 15 is 0 Å². The number of nitrogens with one attached hydrogen (secondary N) is 4. The highest BCUT2D eigenvalue weighted by atomic mass is 19.1. The zero-order chi connectivity index (χ0) is 43.0. The van der Waals surface area contributed by atoms with Crippen LogP contribution in [0.15, 0.2) is 41.6 Å². The Hall–Kier alpha value is -5.35. The number of urea groups is 1. The fourth-order valence-corrected chi connectivity index (χ4v) is 9.47. The zero-order valence-electron chi connectivity index (χ0n) is 34.6. The van der Waals surface area contributed by atoms with Gasteiger partial charge < -0.3 is 40.7 Å². The van der Waals surface area contributed by atoms with Crippen molar-refractivity contribution in [3.8, 4) is 0 Å². The van der Waals surface area contributed by atoms with Crippen molar-refractivity contribution < 1.29 is 47.1 Å². The number of allylic oxidation sites excluding steroid dienone is 4. The molecule has 8 atom stereocenters. The molecule has 7 amide bonds. The second-order valence-electron chi connectivity index (χ2n) is 17.7. The molecule has 4 N–H and O–H groups in total. The third kappa shape index (κ3) is 9.19. The first-order valence-electron chi connectivity index (χ1n) is 21.1. The highest BCUT2D eigenvalue weighted by Gasteiger charge is 2.57. The number of rotatable bonds is 6. The van der Waals surface area contributed by atoms with Crippen LogP contribution in [0.2, 0.25) is 0 Å². The Labute approximate surface area is 348 Å². The normalized spacial score (nSPS) is 30.0. The number of cyclic esters (lactones) is 1. The average molecular weight is 836 g/mol. The topological polar surface area (TPSA) is 187 Å². The standard InChI is InChI=1S/C43H55F2N7O8/c1-23-10-11-30(24(2)16-23)47-42(59)48-31(19-27-17-28(44)20-29(45)18-27)36(53)49-35-26(4)60-41(58)34-21-43(12-13-43)22-52(34)38(55)25(3)46-37(54)32-8-5-6-14-50(32)39(56)33-9-7-15-51(33)40(35)57/h10-11,17-18,20,24-26,31-35H,5-9,12-16,19,21-22H2,1-4H3,(H,46,54)(H,49,53)(H2,47,48,59)/t24?,25-,26-,31-,32-,33-,34-,35-/m0/s1. The number of hydrogen-bond acceptors (Lipinski definition) is 8. The summed E-state index contributed by atoms with van der Waals surface area (Å²) in [6, 6.07) is -5.06. The maximum atomic E-state index is 14.8. The van der Waals surface area contributed by atoms with E-state index in [1.54, 1.807) is 13.0 Å². The number of carbonyl (C=O) groups is 7. The summed E-state index contributed by atoms with van der Waals surface area (Å²) in [6.45, 7) is 7.55. The van der Waals surface area contributed by atoms with Crippen LogP contribution in [0.4, 0.5) is 13.6 Å². The largest absolute Gasteiger partial charge is 0.458 e. The number of benzene rings is 1. The van der Waals surface area contributed by atoms with Gasteiger partial charge in [-0.05, 0) is 108 Å². The van der Waals surface area contributed by atoms with E-state index in [0.717, 1.165) is 30.5 Å². The van der Waals surface area contributed by atoms with E-state index < -0.39 is 95.5 Å². The molecule has 4 aliphatic heterocycles. The van der Waals surface area contributed by atoms with E-state index in [1.165, 1.54) is 21.6 Å². The first-order chi connectivity index (χ1) is 28.5. The molecule has 0 radical (unpaired) electrons. The Morgan fingerprint density at radius 2 is 1.55 bits per heavy atom. The predicted octanol–water partition coefficient (Wildman–Crippen LogP) is 2.73. The molecule has 7 rings (SSSR count). The molecule has 2 aliphatic carbocycles. The molecule has 60 heavy (non-hydrogen) atoms. The molecule has 1 spiro atoms. The highest BCUT2D eigenvalue weighted by Crippen LogP contribution is 2.55. The summed E-state index contributed by atoms with van der Waals surface area (Å²) in [6.07, 6.45) is 6.87. The van der Waals surface area contributed by atoms with Gasteiger partial charge >= 0.3 is 12.0 Å². The predicted molar refractivity (Wildman–Crippen MR) is 212 cm³/mol. The van der Waals surface area contributed by atoms with E-state index in [9.17, 15) is 42.3 Å². The minimum atomic E-state index is -1.60. The molecular formula is C43H55F2N7O8. The molecule has 1 saturated carbocycles. The second kappa shape index (κ2) is 17.3. The lowest BCUT2D eigenvalue weighted by atomic mass is 9.94. The summed E-state index contributed by atoms with van der Waals surface area (Å²) in [5, 5.41) is 10.9. The van der Waals surface area contributed by atoms with E-state index in [0.29, 0.717) is 50.3 Å². The lowest BCUT2D eigenvalue weighted by molar-refractivity contribution is -0.163. The van der Waals surface area contributed by atoms with Gasteiger partial charge in [-0.2, -0.15) is 0 Å². The number of ether oxygens (including phenoxy) is 1. The maximum absolute atomic E-state index is 14.8. The van der Waals surface area contributed by atoms with Crippen LogP contribution in [0.5, 0.6) is 0 Å². The van der Waals surface area contributed by atoms with E-state index in [1.807, 2.05) is 19.9 Å². The van der Waals surface area contributed by atoms with Gasteiger partial charge in [0.2, 0.25) is 29.5 Å². The van der Waals surface area contributed by atoms with Crippen LogP contribution in [0, 0.1) is 23.0 Å². The monoisotopic (exact) mass is 835 g/mol. The molecule has 17 heteroatoms. The highest BCUT2D eigenvalue weighted by molar-refractivity contribution is 5.98. The Kier molecular flexibility index (Phi) is 12.3. The molecule has 0 bridgehead atoms. The minimum Gasteiger partial charge on any atom is -0.458 e. The molecule has 4 heterocycles. The number of piperidine rings is 1. The third-order valence-corrected chi connectivity index (χ3v) is 12.9. The smallest absolute Gasteiger partial charge is 0.329 e. The zero-order valence-corrected chi connectivity index (χ0v) is 34.6. The molecule has 5 fully saturated rings. The molecule has 1 unspecified atom stereocenters. The van der Waals surface area contributed by atoms with Crippen molar-refractivity contribution >= 4 is 41.5 Å². The molecule has 15 nitrogen and oxygen atoms in total. The van der Waals surface area contributed by atoms with Crippen molar-refractivity contribution in [2.24, 2.45) is 11.3 Å². The van der Waals surface area contributed by atoms with Gasteiger partial charge in [-0.15, -0.1) is 0 Å². The lowest BCUT2D eigenvalue weighted by Gasteiger charge is -2.39. The quantitative estimate of drug-likeness (QED) is 0.315. The Morgan fingerprint density at radius 1 is 0.867 bits per heavy atom. The second-order valence-corrected chi connectivity index (χ2v) is 17.7. The number of nitrogens with zero attached hydrogens (tertiary/aromatic N) is 3. The molecule has 6 aliphatic rings. The van der Waals surface area contributed by atoms with Gasteiger partial charge in [-0.25, -0.2) is 18.4 Å². The molecule has 1 aromatic carbocycles. The SMILES string of the molecule is CC1=CC=C(NC(=O)N[C@@H](Cc2cc(F)cc(F)c2)C(=O)N[C@@H]2C(=O)N3CCC[C@H]3C(=O)N3CCCC[C@H]3C(=O)N[C@@H](C)C(=O)N3CC4(CC4)C[C@H]3C(=O)O[C@H]2C)C(C)C1. The first-order valence-corrected chi connectivity index (χ1v) is 21.1. The number of carbonyl (C=O) groups excluding carboxylic acids is 7. The van der Waals surface area contributed by atoms with Crippen molar-refractivity contribution in [2.45, 2.75) is 134 Å². The van der Waals surface area contributed by atoms with Crippen LogP contribution in [0.25, 0.3) is 0 Å². The van der Waals surface area contributed by atoms with Crippen LogP contribution in [-0.4, -0.2) is 118 Å². The summed E-state index contributed by atoms with van der Waals surface area (Å²) in [7, 11) is 0. The summed E-state index contributed by atoms with van der Waals surface area (Å²) in [5.74, 6) is -5.72. The summed E-state index contributed by atoms with van der Waals surface area (Å²) in [5.41, 5.74) is 1.47. The summed E-state index contributed by atoms with van der Waals surface area (Å²) >= 11 is 0. The summed E-state index contributed by atoms with van der Waals surface area (Å²) < 4.78 is 34.8. The van der Waals surface area contributed by atoms with E-state index in [2.05, 4.69) is 21.3 Å². The Balaban J connectivity index is 1.21. The molecular weight excluding hydrogens is 781 g/mol. The number of halogens is 2. The lowest BCUT2D eigenvalue weighted by Crippen LogP contribution is -2.63. The molecule has 1 aromatic rings. The molecule has 4 saturated heterocycles. The van der Waals surface area contributed by atoms with Gasteiger partial charge in [0.1, 0.15) is 54.0 Å². The number of amides is 7. The molecule has 324 valence electrons.